The average Bonchev–Trinajstić information content (AvgIpc) is 3.63. The van der Waals surface area contributed by atoms with Crippen LogP contribution in [0.1, 0.15) is 25.8 Å². The van der Waals surface area contributed by atoms with Gasteiger partial charge in [0.15, 0.2) is 11.5 Å². The number of imidazole rings is 1. The van der Waals surface area contributed by atoms with Gasteiger partial charge in [-0.2, -0.15) is 15.1 Å². The molecule has 4 aromatic heterocycles. The maximum Gasteiger partial charge on any atom is 0.254 e. The van der Waals surface area contributed by atoms with E-state index in [1.165, 1.54) is 11.0 Å². The van der Waals surface area contributed by atoms with Gasteiger partial charge in [0.25, 0.3) is 5.95 Å². The lowest BCUT2D eigenvalue weighted by Crippen LogP contribution is -2.42. The van der Waals surface area contributed by atoms with Gasteiger partial charge in [-0.25, -0.2) is 9.67 Å². The molecule has 1 aliphatic carbocycles. The zero-order valence-electron chi connectivity index (χ0n) is 19.9. The highest BCUT2D eigenvalue weighted by Crippen LogP contribution is 2.34. The molecule has 0 spiro atoms. The SMILES string of the molecule is CCC(=O)NC1CC(n2cnc3c(N)nc(-n4cc(-c5ccnc6ccccc56)cn4)nc32)C(O)C1O. The molecule has 1 amide bonds. The number of aliphatic hydroxyl groups excluding tert-OH is 2. The number of nitrogens with one attached hydrogen (secondary N) is 1. The minimum Gasteiger partial charge on any atom is -0.388 e. The standard InChI is InChI=1S/C25H25N9O3/c1-2-19(35)30-17-9-18(22(37)21(17)36)33-12-28-20-23(26)31-25(32-24(20)33)34-11-13(10-29-34)14-7-8-27-16-6-4-3-5-15(14)16/h3-8,10-12,17-18,21-22,36-37H,2,9H2,1H3,(H,30,35)(H2,26,31,32). The highest BCUT2D eigenvalue weighted by molar-refractivity contribution is 5.94. The average molecular weight is 500 g/mol. The van der Waals surface area contributed by atoms with Crippen LogP contribution in [0.3, 0.4) is 0 Å². The Labute approximate surface area is 210 Å². The summed E-state index contributed by atoms with van der Waals surface area (Å²) < 4.78 is 3.20. The van der Waals surface area contributed by atoms with Gasteiger partial charge in [-0.15, -0.1) is 0 Å². The summed E-state index contributed by atoms with van der Waals surface area (Å²) in [5.41, 5.74) is 9.71. The second-order valence-corrected chi connectivity index (χ2v) is 9.09. The Hall–Kier alpha value is -4.42. The van der Waals surface area contributed by atoms with Crippen LogP contribution >= 0.6 is 0 Å². The van der Waals surface area contributed by atoms with Gasteiger partial charge >= 0.3 is 0 Å². The summed E-state index contributed by atoms with van der Waals surface area (Å²) >= 11 is 0. The number of benzene rings is 1. The minimum atomic E-state index is -1.13. The molecular formula is C25H25N9O3. The first-order valence-corrected chi connectivity index (χ1v) is 12.0. The molecule has 1 aliphatic rings. The van der Waals surface area contributed by atoms with Gasteiger partial charge in [0.05, 0.1) is 30.1 Å². The molecule has 4 atom stereocenters. The number of rotatable bonds is 5. The lowest BCUT2D eigenvalue weighted by atomic mass is 10.0. The van der Waals surface area contributed by atoms with E-state index in [-0.39, 0.29) is 24.1 Å². The van der Waals surface area contributed by atoms with Crippen molar-refractivity contribution in [2.45, 2.75) is 44.1 Å². The monoisotopic (exact) mass is 499 g/mol. The van der Waals surface area contributed by atoms with E-state index in [4.69, 9.17) is 5.73 Å². The zero-order chi connectivity index (χ0) is 25.7. The van der Waals surface area contributed by atoms with Crippen LogP contribution in [-0.4, -0.2) is 68.7 Å². The second kappa shape index (κ2) is 8.91. The largest absolute Gasteiger partial charge is 0.388 e. The predicted molar refractivity (Wildman–Crippen MR) is 135 cm³/mol. The minimum absolute atomic E-state index is 0.161. The van der Waals surface area contributed by atoms with Crippen molar-refractivity contribution in [3.05, 3.63) is 55.2 Å². The van der Waals surface area contributed by atoms with Crippen LogP contribution in [0.2, 0.25) is 0 Å². The molecule has 4 unspecified atom stereocenters. The third-order valence-corrected chi connectivity index (χ3v) is 6.86. The molecule has 0 saturated heterocycles. The quantitative estimate of drug-likeness (QED) is 0.279. The number of anilines is 1. The molecular weight excluding hydrogens is 474 g/mol. The molecule has 1 aromatic carbocycles. The van der Waals surface area contributed by atoms with E-state index in [1.807, 2.05) is 36.5 Å². The molecule has 37 heavy (non-hydrogen) atoms. The van der Waals surface area contributed by atoms with Crippen molar-refractivity contribution in [2.24, 2.45) is 0 Å². The first-order valence-electron chi connectivity index (χ1n) is 12.0. The summed E-state index contributed by atoms with van der Waals surface area (Å²) in [4.78, 5) is 29.7. The predicted octanol–water partition coefficient (Wildman–Crippen LogP) is 1.37. The highest BCUT2D eigenvalue weighted by Gasteiger charge is 2.43. The first-order chi connectivity index (χ1) is 17.9. The van der Waals surface area contributed by atoms with Crippen LogP contribution in [-0.2, 0) is 4.79 Å². The Morgan fingerprint density at radius 1 is 1.16 bits per heavy atom. The fourth-order valence-corrected chi connectivity index (χ4v) is 4.93. The fourth-order valence-electron chi connectivity index (χ4n) is 4.93. The lowest BCUT2D eigenvalue weighted by Gasteiger charge is -2.18. The summed E-state index contributed by atoms with van der Waals surface area (Å²) in [6.45, 7) is 1.73. The van der Waals surface area contributed by atoms with E-state index in [1.54, 1.807) is 23.9 Å². The van der Waals surface area contributed by atoms with Gasteiger partial charge in [-0.1, -0.05) is 25.1 Å². The molecule has 5 N–H and O–H groups in total. The smallest absolute Gasteiger partial charge is 0.254 e. The van der Waals surface area contributed by atoms with Crippen molar-refractivity contribution in [3.63, 3.8) is 0 Å². The van der Waals surface area contributed by atoms with Crippen LogP contribution in [0, 0.1) is 0 Å². The molecule has 4 heterocycles. The molecule has 5 aromatic rings. The Morgan fingerprint density at radius 2 is 2.00 bits per heavy atom. The number of nitrogens with zero attached hydrogens (tertiary/aromatic N) is 7. The molecule has 188 valence electrons. The number of aromatic nitrogens is 7. The molecule has 6 rings (SSSR count). The number of carbonyl (C=O) groups is 1. The molecule has 12 heteroatoms. The first kappa shape index (κ1) is 23.0. The van der Waals surface area contributed by atoms with Crippen LogP contribution in [0.5, 0.6) is 0 Å². The van der Waals surface area contributed by atoms with Gasteiger partial charge < -0.3 is 25.8 Å². The normalized spacial score (nSPS) is 21.6. The number of nitrogens with two attached hydrogens (primary N) is 1. The molecule has 0 radical (unpaired) electrons. The van der Waals surface area contributed by atoms with Crippen molar-refractivity contribution in [3.8, 4) is 17.1 Å². The van der Waals surface area contributed by atoms with Gasteiger partial charge in [0, 0.05) is 29.8 Å². The Balaban J connectivity index is 1.37. The van der Waals surface area contributed by atoms with E-state index in [2.05, 4.69) is 30.4 Å². The number of fused-ring (bicyclic) bond motifs is 2. The van der Waals surface area contributed by atoms with Gasteiger partial charge in [0.1, 0.15) is 17.7 Å². The van der Waals surface area contributed by atoms with Crippen LogP contribution in [0.4, 0.5) is 5.82 Å². The fraction of sp³-hybridized carbons (Fsp3) is 0.280. The molecule has 1 saturated carbocycles. The molecule has 12 nitrogen and oxygen atoms in total. The summed E-state index contributed by atoms with van der Waals surface area (Å²) in [6, 6.07) is 8.63. The number of carbonyl (C=O) groups excluding carboxylic acids is 1. The van der Waals surface area contributed by atoms with Crippen molar-refractivity contribution in [1.29, 1.82) is 0 Å². The second-order valence-electron chi connectivity index (χ2n) is 9.09. The Kier molecular flexibility index (Phi) is 5.54. The van der Waals surface area contributed by atoms with Gasteiger partial charge in [-0.3, -0.25) is 9.78 Å². The Bertz CT molecular complexity index is 1620. The van der Waals surface area contributed by atoms with Crippen molar-refractivity contribution in [2.75, 3.05) is 5.73 Å². The van der Waals surface area contributed by atoms with Crippen molar-refractivity contribution < 1.29 is 15.0 Å². The summed E-state index contributed by atoms with van der Waals surface area (Å²) in [7, 11) is 0. The third kappa shape index (κ3) is 3.86. The number of hydrogen-bond acceptors (Lipinski definition) is 9. The Morgan fingerprint density at radius 3 is 2.84 bits per heavy atom. The summed E-state index contributed by atoms with van der Waals surface area (Å²) in [5, 5.41) is 29.5. The maximum atomic E-state index is 11.9. The van der Waals surface area contributed by atoms with Crippen LogP contribution in [0.15, 0.2) is 55.2 Å². The summed E-state index contributed by atoms with van der Waals surface area (Å²) in [6.07, 6.45) is 5.14. The van der Waals surface area contributed by atoms with E-state index in [0.29, 0.717) is 17.6 Å². The van der Waals surface area contributed by atoms with Gasteiger partial charge in [-0.05, 0) is 24.1 Å². The van der Waals surface area contributed by atoms with Crippen LogP contribution in [0.25, 0.3) is 39.1 Å². The van der Waals surface area contributed by atoms with E-state index < -0.39 is 24.3 Å². The van der Waals surface area contributed by atoms with Gasteiger partial charge in [0.2, 0.25) is 5.91 Å². The highest BCUT2D eigenvalue weighted by atomic mass is 16.3. The number of aliphatic hydroxyl groups is 2. The number of pyridine rings is 1. The van der Waals surface area contributed by atoms with E-state index in [0.717, 1.165) is 22.0 Å². The topological polar surface area (TPSA) is 170 Å². The number of para-hydroxylation sites is 1. The van der Waals surface area contributed by atoms with E-state index in [9.17, 15) is 15.0 Å². The number of nitrogen functional groups attached to an aromatic ring is 1. The molecule has 1 fully saturated rings. The van der Waals surface area contributed by atoms with Crippen molar-refractivity contribution in [1.82, 2.24) is 39.6 Å². The molecule has 0 bridgehead atoms. The van der Waals surface area contributed by atoms with E-state index >= 15 is 0 Å². The maximum absolute atomic E-state index is 11.9. The molecule has 0 aliphatic heterocycles. The number of amides is 1. The zero-order valence-corrected chi connectivity index (χ0v) is 19.9. The van der Waals surface area contributed by atoms with Crippen molar-refractivity contribution >= 4 is 33.8 Å². The lowest BCUT2D eigenvalue weighted by molar-refractivity contribution is -0.122. The summed E-state index contributed by atoms with van der Waals surface area (Å²) in [5.74, 6) is 0.201. The third-order valence-electron chi connectivity index (χ3n) is 6.86. The van der Waals surface area contributed by atoms with Crippen LogP contribution < -0.4 is 11.1 Å². The number of hydrogen-bond donors (Lipinski definition) is 4.